The van der Waals surface area contributed by atoms with Gasteiger partial charge in [-0.3, -0.25) is 4.79 Å². The van der Waals surface area contributed by atoms with Gasteiger partial charge in [0.1, 0.15) is 0 Å². The number of fused-ring (bicyclic) bond motifs is 1. The molecule has 0 spiro atoms. The van der Waals surface area contributed by atoms with Crippen molar-refractivity contribution in [3.05, 3.63) is 58.3 Å². The van der Waals surface area contributed by atoms with Crippen molar-refractivity contribution in [2.75, 3.05) is 20.8 Å². The molecule has 0 aliphatic heterocycles. The summed E-state index contributed by atoms with van der Waals surface area (Å²) in [6, 6.07) is 8.95. The molecule has 5 nitrogen and oxygen atoms in total. The fraction of sp³-hybridized carbons (Fsp3) is 0.227. The van der Waals surface area contributed by atoms with Crippen LogP contribution < -0.4 is 14.2 Å². The summed E-state index contributed by atoms with van der Waals surface area (Å²) in [4.78, 5) is 16.2. The molecule has 1 N–H and O–H groups in total. The number of nitrogens with one attached hydrogen (secondary N) is 1. The van der Waals surface area contributed by atoms with Crippen LogP contribution in [0.15, 0.2) is 42.1 Å². The predicted molar refractivity (Wildman–Crippen MR) is 112 cm³/mol. The Labute approximate surface area is 168 Å². The third kappa shape index (κ3) is 3.85. The number of carbonyl (C=O) groups excluding carboxylic acids is 1. The van der Waals surface area contributed by atoms with Crippen LogP contribution in [-0.4, -0.2) is 31.6 Å². The maximum absolute atomic E-state index is 13.0. The lowest BCUT2D eigenvalue weighted by molar-refractivity contribution is 0.103. The van der Waals surface area contributed by atoms with Gasteiger partial charge in [-0.15, -0.1) is 0 Å². The molecule has 28 heavy (non-hydrogen) atoms. The highest BCUT2D eigenvalue weighted by Gasteiger charge is 2.18. The summed E-state index contributed by atoms with van der Waals surface area (Å²) in [5, 5.41) is 1.66. The number of carbonyl (C=O) groups is 1. The first-order valence-electron chi connectivity index (χ1n) is 8.87. The molecule has 0 saturated heterocycles. The number of aromatic amines is 1. The Balaban J connectivity index is 1.99. The fourth-order valence-electron chi connectivity index (χ4n) is 3.06. The lowest BCUT2D eigenvalue weighted by Crippen LogP contribution is -2.05. The second-order valence-corrected chi connectivity index (χ2v) is 6.67. The summed E-state index contributed by atoms with van der Waals surface area (Å²) < 4.78 is 16.4. The summed E-state index contributed by atoms with van der Waals surface area (Å²) in [7, 11) is 3.07. The lowest BCUT2D eigenvalue weighted by atomic mass is 10.0. The SMILES string of the molecule is CCOc1c(OC)cc(C(=O)C(C)=Cc2c[nH]c3cc(Cl)ccc23)cc1OC. The van der Waals surface area contributed by atoms with E-state index < -0.39 is 0 Å². The second kappa shape index (κ2) is 8.40. The highest BCUT2D eigenvalue weighted by atomic mass is 35.5. The van der Waals surface area contributed by atoms with Crippen LogP contribution in [0, 0.1) is 0 Å². The van der Waals surface area contributed by atoms with Gasteiger partial charge in [-0.1, -0.05) is 17.7 Å². The minimum Gasteiger partial charge on any atom is -0.493 e. The lowest BCUT2D eigenvalue weighted by Gasteiger charge is -2.15. The Morgan fingerprint density at radius 3 is 2.43 bits per heavy atom. The Bertz CT molecular complexity index is 1030. The number of allylic oxidation sites excluding steroid dienone is 1. The van der Waals surface area contributed by atoms with Crippen molar-refractivity contribution in [3.63, 3.8) is 0 Å². The van der Waals surface area contributed by atoms with E-state index in [1.54, 1.807) is 19.1 Å². The van der Waals surface area contributed by atoms with E-state index in [-0.39, 0.29) is 5.78 Å². The zero-order valence-corrected chi connectivity index (χ0v) is 17.0. The average Bonchev–Trinajstić information content (AvgIpc) is 3.09. The van der Waals surface area contributed by atoms with E-state index in [0.717, 1.165) is 16.5 Å². The Morgan fingerprint density at radius 1 is 1.14 bits per heavy atom. The molecule has 0 bridgehead atoms. The van der Waals surface area contributed by atoms with Gasteiger partial charge in [0.05, 0.1) is 20.8 Å². The number of H-pyrrole nitrogens is 1. The quantitative estimate of drug-likeness (QED) is 0.419. The van der Waals surface area contributed by atoms with Gasteiger partial charge >= 0.3 is 0 Å². The van der Waals surface area contributed by atoms with Crippen molar-refractivity contribution in [2.45, 2.75) is 13.8 Å². The zero-order chi connectivity index (χ0) is 20.3. The van der Waals surface area contributed by atoms with Crippen LogP contribution >= 0.6 is 11.6 Å². The van der Waals surface area contributed by atoms with E-state index in [1.165, 1.54) is 14.2 Å². The first-order valence-corrected chi connectivity index (χ1v) is 9.24. The molecule has 0 aliphatic carbocycles. The molecular formula is C22H22ClNO4. The predicted octanol–water partition coefficient (Wildman–Crippen LogP) is 5.52. The molecule has 3 rings (SSSR count). The molecule has 0 saturated carbocycles. The van der Waals surface area contributed by atoms with E-state index in [4.69, 9.17) is 25.8 Å². The normalized spacial score (nSPS) is 11.5. The number of hydrogen-bond donors (Lipinski definition) is 1. The third-order valence-electron chi connectivity index (χ3n) is 4.42. The Kier molecular flexibility index (Phi) is 5.95. The van der Waals surface area contributed by atoms with Gasteiger partial charge in [-0.05, 0) is 49.8 Å². The maximum Gasteiger partial charge on any atom is 0.203 e. The summed E-state index contributed by atoms with van der Waals surface area (Å²) in [5.41, 5.74) is 2.89. The molecule has 1 heterocycles. The van der Waals surface area contributed by atoms with Crippen molar-refractivity contribution in [1.29, 1.82) is 0 Å². The first kappa shape index (κ1) is 19.8. The van der Waals surface area contributed by atoms with Crippen molar-refractivity contribution in [1.82, 2.24) is 4.98 Å². The van der Waals surface area contributed by atoms with Crippen molar-refractivity contribution >= 4 is 34.4 Å². The van der Waals surface area contributed by atoms with Crippen LogP contribution in [0.2, 0.25) is 5.02 Å². The van der Waals surface area contributed by atoms with Crippen LogP contribution in [0.4, 0.5) is 0 Å². The van der Waals surface area contributed by atoms with Gasteiger partial charge in [0, 0.05) is 33.2 Å². The summed E-state index contributed by atoms with van der Waals surface area (Å²) in [6.45, 7) is 4.12. The number of methoxy groups -OCH3 is 2. The Morgan fingerprint density at radius 2 is 1.82 bits per heavy atom. The van der Waals surface area contributed by atoms with Crippen LogP contribution in [0.25, 0.3) is 17.0 Å². The minimum atomic E-state index is -0.122. The molecule has 0 unspecified atom stereocenters. The van der Waals surface area contributed by atoms with Gasteiger partial charge in [-0.2, -0.15) is 0 Å². The molecule has 3 aromatic rings. The van der Waals surface area contributed by atoms with Crippen LogP contribution in [0.3, 0.4) is 0 Å². The smallest absolute Gasteiger partial charge is 0.203 e. The maximum atomic E-state index is 13.0. The molecule has 1 aromatic heterocycles. The number of rotatable bonds is 7. The molecule has 0 radical (unpaired) electrons. The number of halogens is 1. The Hall–Kier alpha value is -2.92. The third-order valence-corrected chi connectivity index (χ3v) is 4.65. The van der Waals surface area contributed by atoms with E-state index in [0.29, 0.717) is 40.0 Å². The number of Topliss-reactive ketones (excluding diaryl/α,β-unsaturated/α-hetero) is 1. The number of benzene rings is 2. The first-order chi connectivity index (χ1) is 13.5. The molecule has 0 aliphatic rings. The minimum absolute atomic E-state index is 0.122. The largest absolute Gasteiger partial charge is 0.493 e. The average molecular weight is 400 g/mol. The summed E-state index contributed by atoms with van der Waals surface area (Å²) in [5.74, 6) is 1.28. The van der Waals surface area contributed by atoms with Crippen LogP contribution in [0.5, 0.6) is 17.2 Å². The number of ketones is 1. The molecule has 6 heteroatoms. The highest BCUT2D eigenvalue weighted by Crippen LogP contribution is 2.39. The van der Waals surface area contributed by atoms with Gasteiger partial charge in [0.25, 0.3) is 0 Å². The van der Waals surface area contributed by atoms with Gasteiger partial charge in [0.2, 0.25) is 5.75 Å². The molecule has 0 atom stereocenters. The standard InChI is InChI=1S/C22H22ClNO4/c1-5-28-22-19(26-3)9-14(10-20(22)27-4)21(25)13(2)8-15-12-24-18-11-16(23)6-7-17(15)18/h6-12,24H,5H2,1-4H3. The monoisotopic (exact) mass is 399 g/mol. The van der Waals surface area contributed by atoms with Crippen molar-refractivity contribution < 1.29 is 19.0 Å². The van der Waals surface area contributed by atoms with Gasteiger partial charge in [0.15, 0.2) is 17.3 Å². The number of hydrogen-bond acceptors (Lipinski definition) is 4. The van der Waals surface area contributed by atoms with E-state index in [9.17, 15) is 4.79 Å². The van der Waals surface area contributed by atoms with Crippen molar-refractivity contribution in [2.24, 2.45) is 0 Å². The second-order valence-electron chi connectivity index (χ2n) is 6.23. The summed E-state index contributed by atoms with van der Waals surface area (Å²) in [6.07, 6.45) is 3.71. The van der Waals surface area contributed by atoms with Crippen molar-refractivity contribution in [3.8, 4) is 17.2 Å². The van der Waals surface area contributed by atoms with Gasteiger partial charge < -0.3 is 19.2 Å². The van der Waals surface area contributed by atoms with Crippen LogP contribution in [-0.2, 0) is 0 Å². The molecule has 0 amide bonds. The van der Waals surface area contributed by atoms with E-state index >= 15 is 0 Å². The molecule has 0 fully saturated rings. The zero-order valence-electron chi connectivity index (χ0n) is 16.3. The van der Waals surface area contributed by atoms with Gasteiger partial charge in [-0.25, -0.2) is 0 Å². The molecular weight excluding hydrogens is 378 g/mol. The van der Waals surface area contributed by atoms with E-state index in [2.05, 4.69) is 4.98 Å². The number of aromatic nitrogens is 1. The van der Waals surface area contributed by atoms with Crippen LogP contribution in [0.1, 0.15) is 29.8 Å². The molecule has 2 aromatic carbocycles. The molecule has 146 valence electrons. The highest BCUT2D eigenvalue weighted by molar-refractivity contribution is 6.31. The fourth-order valence-corrected chi connectivity index (χ4v) is 3.24. The summed E-state index contributed by atoms with van der Waals surface area (Å²) >= 11 is 6.03. The number of ether oxygens (including phenoxy) is 3. The topological polar surface area (TPSA) is 60.5 Å². The van der Waals surface area contributed by atoms with E-state index in [1.807, 2.05) is 37.4 Å².